The van der Waals surface area contributed by atoms with E-state index >= 15 is 0 Å². The van der Waals surface area contributed by atoms with Crippen molar-refractivity contribution in [2.75, 3.05) is 26.2 Å². The van der Waals surface area contributed by atoms with Crippen molar-refractivity contribution < 1.29 is 4.74 Å². The standard InChI is InChI=1S/C17H30N2O/c1-4-10-20-15(5-1)12-19-13-17(8-2-3-9-17)18-11-16(19)14-6-7-14/h14-16,18H,1-13H2. The van der Waals surface area contributed by atoms with Crippen LogP contribution in [0.3, 0.4) is 0 Å². The van der Waals surface area contributed by atoms with Crippen LogP contribution in [-0.2, 0) is 4.74 Å². The third kappa shape index (κ3) is 2.77. The lowest BCUT2D eigenvalue weighted by Crippen LogP contribution is -2.64. The first-order valence-corrected chi connectivity index (χ1v) is 8.95. The van der Waals surface area contributed by atoms with Gasteiger partial charge in [-0.1, -0.05) is 12.8 Å². The Balaban J connectivity index is 1.43. The molecule has 2 atom stereocenters. The molecular weight excluding hydrogens is 248 g/mol. The van der Waals surface area contributed by atoms with Gasteiger partial charge in [-0.2, -0.15) is 0 Å². The second kappa shape index (κ2) is 5.58. The minimum absolute atomic E-state index is 0.458. The van der Waals surface area contributed by atoms with Crippen LogP contribution in [0.25, 0.3) is 0 Å². The fourth-order valence-electron chi connectivity index (χ4n) is 4.76. The molecule has 2 aliphatic carbocycles. The highest BCUT2D eigenvalue weighted by Crippen LogP contribution is 2.40. The highest BCUT2D eigenvalue weighted by Gasteiger charge is 2.45. The van der Waals surface area contributed by atoms with E-state index in [1.54, 1.807) is 0 Å². The maximum absolute atomic E-state index is 6.02. The van der Waals surface area contributed by atoms with Crippen LogP contribution in [0, 0.1) is 5.92 Å². The second-order valence-electron chi connectivity index (χ2n) is 7.69. The van der Waals surface area contributed by atoms with E-state index in [9.17, 15) is 0 Å². The number of nitrogens with zero attached hydrogens (tertiary/aromatic N) is 1. The molecule has 2 heterocycles. The smallest absolute Gasteiger partial charge is 0.0702 e. The summed E-state index contributed by atoms with van der Waals surface area (Å²) in [5.41, 5.74) is 0.458. The molecule has 0 amide bonds. The van der Waals surface area contributed by atoms with Gasteiger partial charge in [0.25, 0.3) is 0 Å². The first kappa shape index (κ1) is 13.5. The van der Waals surface area contributed by atoms with Gasteiger partial charge in [0.15, 0.2) is 0 Å². The lowest BCUT2D eigenvalue weighted by molar-refractivity contribution is -0.0324. The lowest BCUT2D eigenvalue weighted by atomic mass is 9.90. The fraction of sp³-hybridized carbons (Fsp3) is 1.00. The normalized spacial score (nSPS) is 38.4. The molecule has 0 radical (unpaired) electrons. The van der Waals surface area contributed by atoms with Gasteiger partial charge in [-0.25, -0.2) is 0 Å². The molecule has 1 N–H and O–H groups in total. The van der Waals surface area contributed by atoms with Gasteiger partial charge in [0, 0.05) is 37.8 Å². The SMILES string of the molecule is C1CCC(CN2CC3(CCCC3)NCC2C2CC2)OC1. The topological polar surface area (TPSA) is 24.5 Å². The average molecular weight is 278 g/mol. The Morgan fingerprint density at radius 2 is 1.90 bits per heavy atom. The van der Waals surface area contributed by atoms with Crippen molar-refractivity contribution in [1.29, 1.82) is 0 Å². The maximum atomic E-state index is 6.02. The van der Waals surface area contributed by atoms with Crippen LogP contribution in [0.1, 0.15) is 57.8 Å². The van der Waals surface area contributed by atoms with Gasteiger partial charge < -0.3 is 10.1 Å². The summed E-state index contributed by atoms with van der Waals surface area (Å²) in [6.45, 7) is 4.71. The molecule has 2 unspecified atom stereocenters. The largest absolute Gasteiger partial charge is 0.377 e. The quantitative estimate of drug-likeness (QED) is 0.858. The van der Waals surface area contributed by atoms with E-state index in [0.717, 1.165) is 18.6 Å². The zero-order valence-electron chi connectivity index (χ0n) is 12.8. The Hall–Kier alpha value is -0.120. The van der Waals surface area contributed by atoms with E-state index in [1.807, 2.05) is 0 Å². The molecule has 4 aliphatic rings. The van der Waals surface area contributed by atoms with Crippen LogP contribution in [0.4, 0.5) is 0 Å². The van der Waals surface area contributed by atoms with Gasteiger partial charge in [0.05, 0.1) is 6.10 Å². The van der Waals surface area contributed by atoms with E-state index in [2.05, 4.69) is 10.2 Å². The number of ether oxygens (including phenoxy) is 1. The van der Waals surface area contributed by atoms with E-state index in [1.165, 1.54) is 77.4 Å². The second-order valence-corrected chi connectivity index (χ2v) is 7.69. The van der Waals surface area contributed by atoms with Crippen molar-refractivity contribution in [3.8, 4) is 0 Å². The van der Waals surface area contributed by atoms with Crippen molar-refractivity contribution in [2.45, 2.75) is 75.5 Å². The number of rotatable bonds is 3. The molecular formula is C17H30N2O. The van der Waals surface area contributed by atoms with Crippen LogP contribution in [0.15, 0.2) is 0 Å². The van der Waals surface area contributed by atoms with E-state index in [4.69, 9.17) is 4.74 Å². The summed E-state index contributed by atoms with van der Waals surface area (Å²) in [6.07, 6.45) is 13.0. The van der Waals surface area contributed by atoms with Crippen LogP contribution < -0.4 is 5.32 Å². The van der Waals surface area contributed by atoms with E-state index in [0.29, 0.717) is 11.6 Å². The van der Waals surface area contributed by atoms with Gasteiger partial charge in [0.1, 0.15) is 0 Å². The van der Waals surface area contributed by atoms with Crippen LogP contribution in [-0.4, -0.2) is 48.8 Å². The van der Waals surface area contributed by atoms with Gasteiger partial charge in [-0.3, -0.25) is 4.90 Å². The zero-order chi connectivity index (χ0) is 13.4. The highest BCUT2D eigenvalue weighted by atomic mass is 16.5. The molecule has 4 rings (SSSR count). The molecule has 1 spiro atoms. The summed E-state index contributed by atoms with van der Waals surface area (Å²) in [6, 6.07) is 0.798. The number of nitrogens with one attached hydrogen (secondary N) is 1. The Labute approximate surface area is 123 Å². The summed E-state index contributed by atoms with van der Waals surface area (Å²) >= 11 is 0. The van der Waals surface area contributed by atoms with Crippen molar-refractivity contribution in [3.05, 3.63) is 0 Å². The number of piperazine rings is 1. The Morgan fingerprint density at radius 1 is 1.05 bits per heavy atom. The molecule has 20 heavy (non-hydrogen) atoms. The summed E-state index contributed by atoms with van der Waals surface area (Å²) in [5.74, 6) is 0.977. The summed E-state index contributed by atoms with van der Waals surface area (Å²) in [4.78, 5) is 2.83. The van der Waals surface area contributed by atoms with Gasteiger partial charge in [-0.15, -0.1) is 0 Å². The van der Waals surface area contributed by atoms with Crippen molar-refractivity contribution in [1.82, 2.24) is 10.2 Å². The van der Waals surface area contributed by atoms with E-state index < -0.39 is 0 Å². The molecule has 0 aromatic carbocycles. The predicted octanol–water partition coefficient (Wildman–Crippen LogP) is 2.55. The first-order valence-electron chi connectivity index (χ1n) is 8.95. The summed E-state index contributed by atoms with van der Waals surface area (Å²) in [5, 5.41) is 3.95. The zero-order valence-corrected chi connectivity index (χ0v) is 12.8. The predicted molar refractivity (Wildman–Crippen MR) is 80.9 cm³/mol. The van der Waals surface area contributed by atoms with Gasteiger partial charge >= 0.3 is 0 Å². The Bertz CT molecular complexity index is 330. The van der Waals surface area contributed by atoms with Gasteiger partial charge in [0.2, 0.25) is 0 Å². The molecule has 2 saturated heterocycles. The first-order chi connectivity index (χ1) is 9.85. The fourth-order valence-corrected chi connectivity index (χ4v) is 4.76. The minimum Gasteiger partial charge on any atom is -0.377 e. The minimum atomic E-state index is 0.458. The molecule has 0 aromatic rings. The molecule has 2 saturated carbocycles. The monoisotopic (exact) mass is 278 g/mol. The maximum Gasteiger partial charge on any atom is 0.0702 e. The molecule has 4 fully saturated rings. The molecule has 2 aliphatic heterocycles. The Kier molecular flexibility index (Phi) is 3.78. The molecule has 3 heteroatoms. The van der Waals surface area contributed by atoms with Crippen molar-refractivity contribution >= 4 is 0 Å². The third-order valence-corrected chi connectivity index (χ3v) is 6.10. The molecule has 114 valence electrons. The number of hydrogen-bond acceptors (Lipinski definition) is 3. The summed E-state index contributed by atoms with van der Waals surface area (Å²) in [7, 11) is 0. The molecule has 0 bridgehead atoms. The molecule has 3 nitrogen and oxygen atoms in total. The molecule has 0 aromatic heterocycles. The third-order valence-electron chi connectivity index (χ3n) is 6.10. The van der Waals surface area contributed by atoms with Gasteiger partial charge in [-0.05, 0) is 50.9 Å². The van der Waals surface area contributed by atoms with Crippen LogP contribution >= 0.6 is 0 Å². The van der Waals surface area contributed by atoms with E-state index in [-0.39, 0.29) is 0 Å². The lowest BCUT2D eigenvalue weighted by Gasteiger charge is -2.48. The summed E-state index contributed by atoms with van der Waals surface area (Å²) < 4.78 is 6.02. The average Bonchev–Trinajstić information content (AvgIpc) is 3.22. The van der Waals surface area contributed by atoms with Crippen molar-refractivity contribution in [2.24, 2.45) is 5.92 Å². The van der Waals surface area contributed by atoms with Crippen molar-refractivity contribution in [3.63, 3.8) is 0 Å². The highest BCUT2D eigenvalue weighted by molar-refractivity contribution is 5.04. The Morgan fingerprint density at radius 3 is 2.60 bits per heavy atom. The van der Waals surface area contributed by atoms with Crippen LogP contribution in [0.5, 0.6) is 0 Å². The number of hydrogen-bond donors (Lipinski definition) is 1. The van der Waals surface area contributed by atoms with Crippen LogP contribution in [0.2, 0.25) is 0 Å².